The maximum absolute atomic E-state index is 5.77. The summed E-state index contributed by atoms with van der Waals surface area (Å²) >= 11 is 1.34. The van der Waals surface area contributed by atoms with Gasteiger partial charge in [0.05, 0.1) is 6.20 Å². The molecule has 4 rings (SSSR count). The molecule has 4 aromatic rings. The van der Waals surface area contributed by atoms with E-state index in [4.69, 9.17) is 10.2 Å². The molecule has 0 aliphatic rings. The molecule has 0 spiro atoms. The molecule has 126 valence electrons. The first-order valence-corrected chi connectivity index (χ1v) is 8.71. The van der Waals surface area contributed by atoms with Gasteiger partial charge >= 0.3 is 0 Å². The van der Waals surface area contributed by atoms with Crippen LogP contribution in [0.5, 0.6) is 0 Å². The molecule has 0 aliphatic carbocycles. The van der Waals surface area contributed by atoms with Crippen LogP contribution in [0, 0.1) is 0 Å². The number of furan rings is 1. The first-order chi connectivity index (χ1) is 12.2. The Morgan fingerprint density at radius 3 is 2.64 bits per heavy atom. The molecule has 0 saturated carbocycles. The van der Waals surface area contributed by atoms with Crippen molar-refractivity contribution < 1.29 is 4.42 Å². The van der Waals surface area contributed by atoms with E-state index in [1.165, 1.54) is 11.3 Å². The number of aromatic nitrogens is 5. The summed E-state index contributed by atoms with van der Waals surface area (Å²) in [6, 6.07) is 13.6. The Bertz CT molecular complexity index is 974. The third-order valence-electron chi connectivity index (χ3n) is 3.84. The molecule has 0 bridgehead atoms. The van der Waals surface area contributed by atoms with E-state index in [1.54, 1.807) is 4.68 Å². The van der Waals surface area contributed by atoms with Crippen LogP contribution in [0.4, 0.5) is 5.13 Å². The monoisotopic (exact) mass is 352 g/mol. The zero-order valence-electron chi connectivity index (χ0n) is 13.5. The average Bonchev–Trinajstić information content (AvgIpc) is 3.37. The Hall–Kier alpha value is -3.00. The molecule has 1 aromatic carbocycles. The molecule has 8 heteroatoms. The molecule has 0 unspecified atom stereocenters. The van der Waals surface area contributed by atoms with E-state index in [1.807, 2.05) is 55.6 Å². The maximum Gasteiger partial charge on any atom is 0.203 e. The number of hydrogen-bond donors (Lipinski definition) is 1. The van der Waals surface area contributed by atoms with E-state index in [9.17, 15) is 0 Å². The Morgan fingerprint density at radius 1 is 1.12 bits per heavy atom. The molecular weight excluding hydrogens is 336 g/mol. The van der Waals surface area contributed by atoms with Crippen LogP contribution in [0.15, 0.2) is 53.1 Å². The second kappa shape index (κ2) is 6.48. The highest BCUT2D eigenvalue weighted by atomic mass is 32.1. The molecule has 0 radical (unpaired) electrons. The first kappa shape index (κ1) is 15.5. The Kier molecular flexibility index (Phi) is 4.02. The second-order valence-corrected chi connectivity index (χ2v) is 6.54. The predicted molar refractivity (Wildman–Crippen MR) is 95.1 cm³/mol. The lowest BCUT2D eigenvalue weighted by molar-refractivity contribution is 0.527. The number of benzene rings is 1. The molecular formula is C17H16N6OS. The summed E-state index contributed by atoms with van der Waals surface area (Å²) in [4.78, 5) is 0. The van der Waals surface area contributed by atoms with Crippen LogP contribution in [0.1, 0.15) is 29.3 Å². The molecule has 0 amide bonds. The van der Waals surface area contributed by atoms with Crippen molar-refractivity contribution in [2.45, 2.75) is 19.4 Å². The van der Waals surface area contributed by atoms with Crippen LogP contribution in [0.3, 0.4) is 0 Å². The van der Waals surface area contributed by atoms with Crippen LogP contribution in [0.2, 0.25) is 0 Å². The lowest BCUT2D eigenvalue weighted by Crippen LogP contribution is -2.13. The molecule has 0 fully saturated rings. The predicted octanol–water partition coefficient (Wildman–Crippen LogP) is 3.17. The number of aryl methyl sites for hydroxylation is 1. The number of anilines is 1. The zero-order valence-corrected chi connectivity index (χ0v) is 14.3. The van der Waals surface area contributed by atoms with Crippen LogP contribution < -0.4 is 5.73 Å². The third-order valence-corrected chi connectivity index (χ3v) is 4.65. The number of hydrogen-bond acceptors (Lipinski definition) is 7. The molecule has 2 N–H and O–H groups in total. The van der Waals surface area contributed by atoms with E-state index >= 15 is 0 Å². The van der Waals surface area contributed by atoms with Crippen LogP contribution in [0.25, 0.3) is 11.5 Å². The topological polar surface area (TPSA) is 95.7 Å². The number of nitrogen functional groups attached to an aromatic ring is 1. The van der Waals surface area contributed by atoms with Gasteiger partial charge in [-0.15, -0.1) is 15.3 Å². The summed E-state index contributed by atoms with van der Waals surface area (Å²) in [6.45, 7) is 2.05. The van der Waals surface area contributed by atoms with Crippen molar-refractivity contribution in [3.05, 3.63) is 65.0 Å². The van der Waals surface area contributed by atoms with Crippen LogP contribution in [-0.4, -0.2) is 25.2 Å². The molecule has 0 aliphatic heterocycles. The number of rotatable bonds is 5. The van der Waals surface area contributed by atoms with Gasteiger partial charge in [-0.05, 0) is 17.7 Å². The summed E-state index contributed by atoms with van der Waals surface area (Å²) in [6.07, 6.45) is 2.69. The van der Waals surface area contributed by atoms with Gasteiger partial charge in [-0.1, -0.05) is 53.8 Å². The quantitative estimate of drug-likeness (QED) is 0.593. The summed E-state index contributed by atoms with van der Waals surface area (Å²) in [5.74, 6) is 1.62. The van der Waals surface area contributed by atoms with Crippen molar-refractivity contribution in [1.82, 2.24) is 25.2 Å². The standard InChI is InChI=1S/C17H16N6OS/c1-2-12-8-9-14(24-12)13-10-23(22-19-13)15(11-6-4-3-5-7-11)16-20-21-17(18)25-16/h3-10,15H,2H2,1H3,(H2,18,21)/t15-/m0/s1. The van der Waals surface area contributed by atoms with Gasteiger partial charge in [0, 0.05) is 6.42 Å². The van der Waals surface area contributed by atoms with Crippen molar-refractivity contribution in [3.8, 4) is 11.5 Å². The Morgan fingerprint density at radius 2 is 1.96 bits per heavy atom. The van der Waals surface area contributed by atoms with Gasteiger partial charge in [-0.25, -0.2) is 4.68 Å². The fourth-order valence-electron chi connectivity index (χ4n) is 2.62. The van der Waals surface area contributed by atoms with Gasteiger partial charge in [0.2, 0.25) is 5.13 Å². The number of nitrogens with zero attached hydrogens (tertiary/aromatic N) is 5. The lowest BCUT2D eigenvalue weighted by atomic mass is 10.1. The van der Waals surface area contributed by atoms with Crippen molar-refractivity contribution in [2.24, 2.45) is 0 Å². The minimum absolute atomic E-state index is 0.238. The van der Waals surface area contributed by atoms with Gasteiger partial charge in [0.1, 0.15) is 22.5 Å². The molecule has 7 nitrogen and oxygen atoms in total. The maximum atomic E-state index is 5.77. The van der Waals surface area contributed by atoms with Crippen LogP contribution >= 0.6 is 11.3 Å². The fraction of sp³-hybridized carbons (Fsp3) is 0.176. The molecule has 3 aromatic heterocycles. The van der Waals surface area contributed by atoms with E-state index < -0.39 is 0 Å². The van der Waals surface area contributed by atoms with E-state index in [2.05, 4.69) is 20.5 Å². The largest absolute Gasteiger partial charge is 0.459 e. The van der Waals surface area contributed by atoms with E-state index in [-0.39, 0.29) is 6.04 Å². The minimum atomic E-state index is -0.238. The van der Waals surface area contributed by atoms with Gasteiger partial charge in [-0.3, -0.25) is 0 Å². The van der Waals surface area contributed by atoms with Crippen molar-refractivity contribution in [3.63, 3.8) is 0 Å². The SMILES string of the molecule is CCc1ccc(-c2cn([C@@H](c3ccccc3)c3nnc(N)s3)nn2)o1. The highest BCUT2D eigenvalue weighted by Gasteiger charge is 2.23. The highest BCUT2D eigenvalue weighted by Crippen LogP contribution is 2.30. The van der Waals surface area contributed by atoms with Crippen molar-refractivity contribution >= 4 is 16.5 Å². The molecule has 0 saturated heterocycles. The van der Waals surface area contributed by atoms with Gasteiger partial charge in [0.15, 0.2) is 5.76 Å². The van der Waals surface area contributed by atoms with Gasteiger partial charge < -0.3 is 10.2 Å². The summed E-state index contributed by atoms with van der Waals surface area (Å²) < 4.78 is 7.53. The normalized spacial score (nSPS) is 12.4. The smallest absolute Gasteiger partial charge is 0.203 e. The Labute approximate surface area is 148 Å². The summed E-state index contributed by atoms with van der Waals surface area (Å²) in [7, 11) is 0. The van der Waals surface area contributed by atoms with Crippen molar-refractivity contribution in [1.29, 1.82) is 0 Å². The first-order valence-electron chi connectivity index (χ1n) is 7.89. The molecule has 1 atom stereocenters. The average molecular weight is 352 g/mol. The molecule has 25 heavy (non-hydrogen) atoms. The van der Waals surface area contributed by atoms with Crippen LogP contribution in [-0.2, 0) is 6.42 Å². The molecule has 3 heterocycles. The zero-order chi connectivity index (χ0) is 17.2. The summed E-state index contributed by atoms with van der Waals surface area (Å²) in [5.41, 5.74) is 7.48. The minimum Gasteiger partial charge on any atom is -0.459 e. The lowest BCUT2D eigenvalue weighted by Gasteiger charge is -2.13. The second-order valence-electron chi connectivity index (χ2n) is 5.50. The van der Waals surface area contributed by atoms with Gasteiger partial charge in [-0.2, -0.15) is 0 Å². The van der Waals surface area contributed by atoms with E-state index in [0.717, 1.165) is 22.8 Å². The number of nitrogens with two attached hydrogens (primary N) is 1. The van der Waals surface area contributed by atoms with Gasteiger partial charge in [0.25, 0.3) is 0 Å². The third kappa shape index (κ3) is 3.03. The Balaban J connectivity index is 1.75. The van der Waals surface area contributed by atoms with Crippen molar-refractivity contribution in [2.75, 3.05) is 5.73 Å². The van der Waals surface area contributed by atoms with E-state index in [0.29, 0.717) is 16.6 Å². The summed E-state index contributed by atoms with van der Waals surface area (Å²) in [5, 5.41) is 17.9. The highest BCUT2D eigenvalue weighted by molar-refractivity contribution is 7.15. The fourth-order valence-corrected chi connectivity index (χ4v) is 3.36.